The molecule has 0 bridgehead atoms. The van der Waals surface area contributed by atoms with Crippen molar-refractivity contribution in [3.63, 3.8) is 0 Å². The van der Waals surface area contributed by atoms with E-state index in [2.05, 4.69) is 0 Å². The van der Waals surface area contributed by atoms with Crippen molar-refractivity contribution in [2.24, 2.45) is 5.14 Å². The number of primary sulfonamides is 1. The minimum Gasteiger partial charge on any atom is -0.335 e. The summed E-state index contributed by atoms with van der Waals surface area (Å²) >= 11 is 1.59. The summed E-state index contributed by atoms with van der Waals surface area (Å²) in [4.78, 5) is 15.6. The van der Waals surface area contributed by atoms with Gasteiger partial charge in [0.15, 0.2) is 0 Å². The second-order valence-corrected chi connectivity index (χ2v) is 8.33. The van der Waals surface area contributed by atoms with Gasteiger partial charge in [-0.2, -0.15) is 0 Å². The van der Waals surface area contributed by atoms with Crippen LogP contribution in [0.3, 0.4) is 0 Å². The lowest BCUT2D eigenvalue weighted by Crippen LogP contribution is -2.30. The lowest BCUT2D eigenvalue weighted by Gasteiger charge is -2.26. The molecule has 0 aromatic heterocycles. The van der Waals surface area contributed by atoms with Gasteiger partial charge < -0.3 is 4.90 Å². The fourth-order valence-corrected chi connectivity index (χ4v) is 3.44. The molecule has 2 aromatic carbocycles. The number of aryl methyl sites for hydroxylation is 1. The van der Waals surface area contributed by atoms with E-state index in [9.17, 15) is 13.2 Å². The third kappa shape index (κ3) is 4.42. The smallest absolute Gasteiger partial charge is 0.254 e. The van der Waals surface area contributed by atoms with Crippen molar-refractivity contribution in [1.29, 1.82) is 0 Å². The van der Waals surface area contributed by atoms with Crippen LogP contribution < -0.4 is 5.14 Å². The van der Waals surface area contributed by atoms with Gasteiger partial charge in [-0.05, 0) is 55.5 Å². The van der Waals surface area contributed by atoms with E-state index in [1.807, 2.05) is 38.3 Å². The first-order valence-corrected chi connectivity index (χ1v) is 10.5. The van der Waals surface area contributed by atoms with E-state index in [1.165, 1.54) is 12.1 Å². The maximum atomic E-state index is 12.9. The molecule has 2 rings (SSSR count). The lowest BCUT2D eigenvalue weighted by molar-refractivity contribution is 0.0741. The highest BCUT2D eigenvalue weighted by Gasteiger charge is 2.21. The van der Waals surface area contributed by atoms with Crippen LogP contribution in [0.2, 0.25) is 0 Å². The Bertz CT molecular complexity index is 878. The Morgan fingerprint density at radius 2 is 1.76 bits per heavy atom. The van der Waals surface area contributed by atoms with Crippen molar-refractivity contribution >= 4 is 27.7 Å². The van der Waals surface area contributed by atoms with Crippen molar-refractivity contribution in [3.8, 4) is 0 Å². The van der Waals surface area contributed by atoms with Gasteiger partial charge in [-0.1, -0.05) is 18.2 Å². The first-order valence-electron chi connectivity index (χ1n) is 7.69. The molecular weight excluding hydrogens is 356 g/mol. The Labute approximate surface area is 153 Å². The van der Waals surface area contributed by atoms with E-state index in [-0.39, 0.29) is 16.8 Å². The SMILES string of the molecule is CSc1ccc(C)c(C(=O)N(C)C(C)c2ccc(S(N)(=O)=O)cc2)c1. The maximum Gasteiger partial charge on any atom is 0.254 e. The number of carbonyl (C=O) groups excluding carboxylic acids is 1. The Morgan fingerprint density at radius 3 is 2.28 bits per heavy atom. The van der Waals surface area contributed by atoms with Gasteiger partial charge in [0, 0.05) is 17.5 Å². The molecule has 1 amide bonds. The van der Waals surface area contributed by atoms with Crippen molar-refractivity contribution in [3.05, 3.63) is 59.2 Å². The molecule has 2 aromatic rings. The van der Waals surface area contributed by atoms with E-state index < -0.39 is 10.0 Å². The van der Waals surface area contributed by atoms with Gasteiger partial charge in [-0.25, -0.2) is 13.6 Å². The summed E-state index contributed by atoms with van der Waals surface area (Å²) in [5, 5.41) is 5.12. The number of sulfonamides is 1. The summed E-state index contributed by atoms with van der Waals surface area (Å²) in [6.45, 7) is 3.81. The molecule has 134 valence electrons. The fraction of sp³-hybridized carbons (Fsp3) is 0.278. The van der Waals surface area contributed by atoms with Gasteiger partial charge in [0.25, 0.3) is 5.91 Å². The number of thioether (sulfide) groups is 1. The van der Waals surface area contributed by atoms with Crippen molar-refractivity contribution < 1.29 is 13.2 Å². The van der Waals surface area contributed by atoms with Crippen molar-refractivity contribution in [2.75, 3.05) is 13.3 Å². The number of hydrogen-bond acceptors (Lipinski definition) is 4. The maximum absolute atomic E-state index is 12.9. The zero-order chi connectivity index (χ0) is 18.8. The third-order valence-electron chi connectivity index (χ3n) is 4.27. The summed E-state index contributed by atoms with van der Waals surface area (Å²) in [5.74, 6) is -0.0728. The van der Waals surface area contributed by atoms with Gasteiger partial charge in [0.1, 0.15) is 0 Å². The van der Waals surface area contributed by atoms with Gasteiger partial charge >= 0.3 is 0 Å². The molecule has 5 nitrogen and oxygen atoms in total. The van der Waals surface area contributed by atoms with Gasteiger partial charge in [0.2, 0.25) is 10.0 Å². The second-order valence-electron chi connectivity index (χ2n) is 5.89. The Kier molecular flexibility index (Phi) is 5.92. The number of carbonyl (C=O) groups is 1. The first kappa shape index (κ1) is 19.5. The van der Waals surface area contributed by atoms with E-state index in [1.54, 1.807) is 35.8 Å². The molecule has 1 atom stereocenters. The monoisotopic (exact) mass is 378 g/mol. The zero-order valence-corrected chi connectivity index (χ0v) is 16.3. The zero-order valence-electron chi connectivity index (χ0n) is 14.7. The van der Waals surface area contributed by atoms with E-state index in [0.29, 0.717) is 5.56 Å². The molecule has 0 aliphatic heterocycles. The summed E-state index contributed by atoms with van der Waals surface area (Å²) in [7, 11) is -1.98. The highest BCUT2D eigenvalue weighted by Crippen LogP contribution is 2.25. The van der Waals surface area contributed by atoms with Gasteiger partial charge in [0.05, 0.1) is 10.9 Å². The average molecular weight is 379 g/mol. The quantitative estimate of drug-likeness (QED) is 0.810. The lowest BCUT2D eigenvalue weighted by atomic mass is 10.0. The number of amides is 1. The van der Waals surface area contributed by atoms with Crippen LogP contribution in [-0.4, -0.2) is 32.5 Å². The number of benzene rings is 2. The number of nitrogens with two attached hydrogens (primary N) is 1. The minimum absolute atomic E-state index is 0.0564. The van der Waals surface area contributed by atoms with Gasteiger partial charge in [-0.3, -0.25) is 4.79 Å². The second kappa shape index (κ2) is 7.59. The molecule has 0 heterocycles. The van der Waals surface area contributed by atoms with Crippen molar-refractivity contribution in [2.45, 2.75) is 29.7 Å². The summed E-state index contributed by atoms with van der Waals surface area (Å²) < 4.78 is 22.7. The molecule has 0 saturated carbocycles. The first-order chi connectivity index (χ1) is 11.6. The molecule has 0 aliphatic rings. The standard InChI is InChI=1S/C18H22N2O3S2/c1-12-5-8-15(24-4)11-17(12)18(21)20(3)13(2)14-6-9-16(10-7-14)25(19,22)23/h5-11,13H,1-4H3,(H2,19,22,23). The number of hydrogen-bond donors (Lipinski definition) is 1. The topological polar surface area (TPSA) is 80.5 Å². The van der Waals surface area contributed by atoms with E-state index >= 15 is 0 Å². The Balaban J connectivity index is 2.27. The molecular formula is C18H22N2O3S2. The molecule has 0 saturated heterocycles. The molecule has 7 heteroatoms. The van der Waals surface area contributed by atoms with Crippen LogP contribution in [0.1, 0.15) is 34.5 Å². The van der Waals surface area contributed by atoms with Crippen molar-refractivity contribution in [1.82, 2.24) is 4.90 Å². The Morgan fingerprint density at radius 1 is 1.16 bits per heavy atom. The van der Waals surface area contributed by atoms with Crippen LogP contribution in [0, 0.1) is 6.92 Å². The average Bonchev–Trinajstić information content (AvgIpc) is 2.59. The molecule has 0 fully saturated rings. The molecule has 25 heavy (non-hydrogen) atoms. The minimum atomic E-state index is -3.72. The molecule has 0 aliphatic carbocycles. The van der Waals surface area contributed by atoms with E-state index in [0.717, 1.165) is 16.0 Å². The molecule has 2 N–H and O–H groups in total. The predicted molar refractivity (Wildman–Crippen MR) is 101 cm³/mol. The van der Waals surface area contributed by atoms with Crippen LogP contribution in [-0.2, 0) is 10.0 Å². The third-order valence-corrected chi connectivity index (χ3v) is 5.92. The molecule has 0 radical (unpaired) electrons. The number of rotatable bonds is 5. The van der Waals surface area contributed by atoms with Crippen LogP contribution in [0.15, 0.2) is 52.3 Å². The molecule has 1 unspecified atom stereocenters. The van der Waals surface area contributed by atoms with Crippen LogP contribution in [0.25, 0.3) is 0 Å². The van der Waals surface area contributed by atoms with Crippen LogP contribution >= 0.6 is 11.8 Å². The highest BCUT2D eigenvalue weighted by atomic mass is 32.2. The van der Waals surface area contributed by atoms with E-state index in [4.69, 9.17) is 5.14 Å². The fourth-order valence-electron chi connectivity index (χ4n) is 2.48. The normalized spacial score (nSPS) is 12.7. The largest absolute Gasteiger partial charge is 0.335 e. The number of nitrogens with zero attached hydrogens (tertiary/aromatic N) is 1. The highest BCUT2D eigenvalue weighted by molar-refractivity contribution is 7.98. The summed E-state index contributed by atoms with van der Waals surface area (Å²) in [6, 6.07) is 11.9. The molecule has 0 spiro atoms. The predicted octanol–water partition coefficient (Wildman–Crippen LogP) is 3.20. The van der Waals surface area contributed by atoms with Crippen LogP contribution in [0.4, 0.5) is 0 Å². The van der Waals surface area contributed by atoms with Crippen LogP contribution in [0.5, 0.6) is 0 Å². The summed E-state index contributed by atoms with van der Waals surface area (Å²) in [6.07, 6.45) is 1.97. The Hall–Kier alpha value is -1.83. The summed E-state index contributed by atoms with van der Waals surface area (Å²) in [5.41, 5.74) is 2.43. The van der Waals surface area contributed by atoms with Gasteiger partial charge in [-0.15, -0.1) is 11.8 Å².